The molecule has 0 saturated carbocycles. The van der Waals surface area contributed by atoms with E-state index >= 15 is 0 Å². The standard InChI is InChI=1S/C19H16FNO2S/c1-12-18(13(2)22)24-19(21-12)15-5-9-17(10-6-15)23-11-14-3-7-16(20)8-4-14/h3-10H,11H2,1-2H3. The van der Waals surface area contributed by atoms with Crippen LogP contribution < -0.4 is 4.74 Å². The van der Waals surface area contributed by atoms with E-state index in [0.29, 0.717) is 11.5 Å². The number of Topliss-reactive ketones (excluding diaryl/α,β-unsaturated/α-hetero) is 1. The second kappa shape index (κ2) is 6.93. The minimum absolute atomic E-state index is 0.0375. The van der Waals surface area contributed by atoms with Crippen LogP contribution >= 0.6 is 11.3 Å². The summed E-state index contributed by atoms with van der Waals surface area (Å²) >= 11 is 1.40. The first-order chi connectivity index (χ1) is 11.5. The molecule has 2 aromatic carbocycles. The number of nitrogens with zero attached hydrogens (tertiary/aromatic N) is 1. The summed E-state index contributed by atoms with van der Waals surface area (Å²) in [6.07, 6.45) is 0. The van der Waals surface area contributed by atoms with Crippen molar-refractivity contribution in [2.45, 2.75) is 20.5 Å². The van der Waals surface area contributed by atoms with Gasteiger partial charge in [-0.05, 0) is 48.9 Å². The maximum Gasteiger partial charge on any atom is 0.171 e. The van der Waals surface area contributed by atoms with E-state index in [1.807, 2.05) is 31.2 Å². The van der Waals surface area contributed by atoms with E-state index in [1.165, 1.54) is 23.5 Å². The van der Waals surface area contributed by atoms with E-state index in [-0.39, 0.29) is 11.6 Å². The third-order valence-electron chi connectivity index (χ3n) is 3.54. The number of carbonyl (C=O) groups excluding carboxylic acids is 1. The molecule has 3 nitrogen and oxygen atoms in total. The van der Waals surface area contributed by atoms with Crippen molar-refractivity contribution in [2.24, 2.45) is 0 Å². The first-order valence-corrected chi connectivity index (χ1v) is 8.30. The lowest BCUT2D eigenvalue weighted by atomic mass is 10.2. The van der Waals surface area contributed by atoms with E-state index in [2.05, 4.69) is 4.98 Å². The van der Waals surface area contributed by atoms with Crippen LogP contribution in [0.5, 0.6) is 5.75 Å². The maximum atomic E-state index is 12.9. The largest absolute Gasteiger partial charge is 0.489 e. The lowest BCUT2D eigenvalue weighted by molar-refractivity contribution is 0.102. The van der Waals surface area contributed by atoms with Crippen molar-refractivity contribution < 1.29 is 13.9 Å². The van der Waals surface area contributed by atoms with Crippen LogP contribution in [0.2, 0.25) is 0 Å². The molecule has 3 rings (SSSR count). The van der Waals surface area contributed by atoms with E-state index in [4.69, 9.17) is 4.74 Å². The molecule has 0 aliphatic rings. The zero-order valence-electron chi connectivity index (χ0n) is 13.4. The predicted molar refractivity (Wildman–Crippen MR) is 93.0 cm³/mol. The number of hydrogen-bond acceptors (Lipinski definition) is 4. The monoisotopic (exact) mass is 341 g/mol. The van der Waals surface area contributed by atoms with Gasteiger partial charge in [0.2, 0.25) is 0 Å². The van der Waals surface area contributed by atoms with Crippen molar-refractivity contribution in [1.29, 1.82) is 0 Å². The summed E-state index contributed by atoms with van der Waals surface area (Å²) in [5, 5.41) is 0.822. The van der Waals surface area contributed by atoms with Gasteiger partial charge in [0, 0.05) is 12.5 Å². The van der Waals surface area contributed by atoms with Crippen molar-refractivity contribution in [3.63, 3.8) is 0 Å². The summed E-state index contributed by atoms with van der Waals surface area (Å²) in [5.41, 5.74) is 2.62. The summed E-state index contributed by atoms with van der Waals surface area (Å²) in [4.78, 5) is 16.7. The number of aryl methyl sites for hydroxylation is 1. The smallest absolute Gasteiger partial charge is 0.171 e. The molecule has 0 fully saturated rings. The van der Waals surface area contributed by atoms with Gasteiger partial charge in [-0.3, -0.25) is 4.79 Å². The molecule has 0 aliphatic carbocycles. The molecule has 24 heavy (non-hydrogen) atoms. The Kier molecular flexibility index (Phi) is 4.71. The Labute approximate surface area is 143 Å². The molecule has 0 aliphatic heterocycles. The van der Waals surface area contributed by atoms with Crippen LogP contribution in [0.25, 0.3) is 10.6 Å². The topological polar surface area (TPSA) is 39.2 Å². The number of hydrogen-bond donors (Lipinski definition) is 0. The molecule has 5 heteroatoms. The van der Waals surface area contributed by atoms with Crippen molar-refractivity contribution >= 4 is 17.1 Å². The fraction of sp³-hybridized carbons (Fsp3) is 0.158. The first-order valence-electron chi connectivity index (χ1n) is 7.49. The van der Waals surface area contributed by atoms with Crippen LogP contribution in [0.3, 0.4) is 0 Å². The van der Waals surface area contributed by atoms with E-state index in [9.17, 15) is 9.18 Å². The Bertz CT molecular complexity index is 854. The SMILES string of the molecule is CC(=O)c1sc(-c2ccc(OCc3ccc(F)cc3)cc2)nc1C. The third kappa shape index (κ3) is 3.68. The van der Waals surface area contributed by atoms with E-state index in [1.54, 1.807) is 19.1 Å². The summed E-state index contributed by atoms with van der Waals surface area (Å²) in [6.45, 7) is 3.78. The molecule has 0 atom stereocenters. The van der Waals surface area contributed by atoms with Gasteiger partial charge in [-0.25, -0.2) is 9.37 Å². The molecule has 0 N–H and O–H groups in total. The average Bonchev–Trinajstić information content (AvgIpc) is 2.97. The molecule has 0 spiro atoms. The highest BCUT2D eigenvalue weighted by molar-refractivity contribution is 7.17. The summed E-state index contributed by atoms with van der Waals surface area (Å²) in [6, 6.07) is 13.8. The van der Waals surface area contributed by atoms with Crippen molar-refractivity contribution in [3.8, 4) is 16.3 Å². The van der Waals surface area contributed by atoms with Crippen LogP contribution in [0, 0.1) is 12.7 Å². The zero-order chi connectivity index (χ0) is 17.1. The van der Waals surface area contributed by atoms with Crippen LogP contribution in [-0.2, 0) is 6.61 Å². The number of benzene rings is 2. The minimum Gasteiger partial charge on any atom is -0.489 e. The molecule has 0 saturated heterocycles. The van der Waals surface area contributed by atoms with E-state index in [0.717, 1.165) is 27.6 Å². The molecule has 3 aromatic rings. The fourth-order valence-electron chi connectivity index (χ4n) is 2.29. The number of aromatic nitrogens is 1. The summed E-state index contributed by atoms with van der Waals surface area (Å²) in [5.74, 6) is 0.505. The molecule has 0 bridgehead atoms. The zero-order valence-corrected chi connectivity index (χ0v) is 14.2. The normalized spacial score (nSPS) is 10.6. The second-order valence-corrected chi connectivity index (χ2v) is 6.43. The highest BCUT2D eigenvalue weighted by Crippen LogP contribution is 2.29. The van der Waals surface area contributed by atoms with Crippen LogP contribution in [0.1, 0.15) is 27.9 Å². The van der Waals surface area contributed by atoms with Gasteiger partial charge in [0.15, 0.2) is 5.78 Å². The Morgan fingerprint density at radius 3 is 2.38 bits per heavy atom. The lowest BCUT2D eigenvalue weighted by Gasteiger charge is -2.06. The van der Waals surface area contributed by atoms with Gasteiger partial charge >= 0.3 is 0 Å². The highest BCUT2D eigenvalue weighted by atomic mass is 32.1. The van der Waals surface area contributed by atoms with Gasteiger partial charge in [0.05, 0.1) is 10.6 Å². The highest BCUT2D eigenvalue weighted by Gasteiger charge is 2.12. The number of halogens is 1. The van der Waals surface area contributed by atoms with E-state index < -0.39 is 0 Å². The Balaban J connectivity index is 1.70. The van der Waals surface area contributed by atoms with Crippen LogP contribution in [0.15, 0.2) is 48.5 Å². The Hall–Kier alpha value is -2.53. The number of rotatable bonds is 5. The fourth-order valence-corrected chi connectivity index (χ4v) is 3.25. The molecule has 1 heterocycles. The van der Waals surface area contributed by atoms with Crippen molar-refractivity contribution in [1.82, 2.24) is 4.98 Å². The molecule has 0 unspecified atom stereocenters. The molecular formula is C19H16FNO2S. The number of ketones is 1. The minimum atomic E-state index is -0.258. The van der Waals surface area contributed by atoms with Gasteiger partial charge < -0.3 is 4.74 Å². The van der Waals surface area contributed by atoms with Gasteiger partial charge in [0.25, 0.3) is 0 Å². The average molecular weight is 341 g/mol. The molecule has 1 aromatic heterocycles. The lowest BCUT2D eigenvalue weighted by Crippen LogP contribution is -1.95. The first kappa shape index (κ1) is 16.3. The van der Waals surface area contributed by atoms with Crippen molar-refractivity contribution in [3.05, 3.63) is 70.5 Å². The number of ether oxygens (including phenoxy) is 1. The molecule has 0 radical (unpaired) electrons. The molecular weight excluding hydrogens is 325 g/mol. The van der Waals surface area contributed by atoms with Gasteiger partial charge in [-0.1, -0.05) is 12.1 Å². The number of carbonyl (C=O) groups is 1. The summed E-state index contributed by atoms with van der Waals surface area (Å²) in [7, 11) is 0. The predicted octanol–water partition coefficient (Wildman–Crippen LogP) is 5.04. The van der Waals surface area contributed by atoms with Crippen molar-refractivity contribution in [2.75, 3.05) is 0 Å². The molecule has 122 valence electrons. The van der Waals surface area contributed by atoms with Gasteiger partial charge in [-0.15, -0.1) is 11.3 Å². The summed E-state index contributed by atoms with van der Waals surface area (Å²) < 4.78 is 18.6. The molecule has 0 amide bonds. The second-order valence-electron chi connectivity index (χ2n) is 5.43. The van der Waals surface area contributed by atoms with Crippen LogP contribution in [-0.4, -0.2) is 10.8 Å². The van der Waals surface area contributed by atoms with Crippen LogP contribution in [0.4, 0.5) is 4.39 Å². The van der Waals surface area contributed by atoms with Gasteiger partial charge in [-0.2, -0.15) is 0 Å². The number of thiazole rings is 1. The Morgan fingerprint density at radius 2 is 1.79 bits per heavy atom. The quantitative estimate of drug-likeness (QED) is 0.610. The van der Waals surface area contributed by atoms with Gasteiger partial charge in [0.1, 0.15) is 23.2 Å². The Morgan fingerprint density at radius 1 is 1.12 bits per heavy atom. The third-order valence-corrected chi connectivity index (χ3v) is 4.84. The maximum absolute atomic E-state index is 12.9.